The van der Waals surface area contributed by atoms with Gasteiger partial charge >= 0.3 is 161 Å². The van der Waals surface area contributed by atoms with Gasteiger partial charge in [0.25, 0.3) is 0 Å². The summed E-state index contributed by atoms with van der Waals surface area (Å²) >= 11 is 10.2. The van der Waals surface area contributed by atoms with Crippen LogP contribution in [0.3, 0.4) is 0 Å². The van der Waals surface area contributed by atoms with Crippen molar-refractivity contribution in [3.8, 4) is 0 Å². The fourth-order valence-corrected chi connectivity index (χ4v) is 5.60. The van der Waals surface area contributed by atoms with Crippen molar-refractivity contribution in [1.82, 2.24) is 0 Å². The van der Waals surface area contributed by atoms with Crippen molar-refractivity contribution in [1.29, 1.82) is 0 Å². The van der Waals surface area contributed by atoms with Crippen LogP contribution in [0, 0.1) is 0 Å². The molecular formula is C20H13BrClNSe. The fraction of sp³-hybridized carbons (Fsp3) is 0. The van der Waals surface area contributed by atoms with Gasteiger partial charge in [-0.15, -0.1) is 0 Å². The van der Waals surface area contributed by atoms with Gasteiger partial charge < -0.3 is 0 Å². The number of fused-ring (bicyclic) bond motifs is 1. The second-order valence-electron chi connectivity index (χ2n) is 5.42. The molecule has 1 nitrogen and oxygen atoms in total. The Labute approximate surface area is 160 Å². The van der Waals surface area contributed by atoms with Crippen molar-refractivity contribution in [2.45, 2.75) is 0 Å². The summed E-state index contributed by atoms with van der Waals surface area (Å²) in [6.45, 7) is 0. The van der Waals surface area contributed by atoms with E-state index in [1.165, 1.54) is 15.3 Å². The van der Waals surface area contributed by atoms with E-state index in [2.05, 4.69) is 80.4 Å². The van der Waals surface area contributed by atoms with Gasteiger partial charge in [0.2, 0.25) is 0 Å². The molecule has 0 fully saturated rings. The standard InChI is InChI=1S/C20H13BrClNSe/c21-14-10-15(22)12-17(11-14)23(16-6-2-1-3-7-16)19-13-24-20-9-5-4-8-18(19)20/h1-13H. The number of rotatable bonds is 3. The minimum atomic E-state index is 0.356. The molecule has 118 valence electrons. The van der Waals surface area contributed by atoms with Gasteiger partial charge in [-0.1, -0.05) is 0 Å². The molecule has 0 bridgehead atoms. The van der Waals surface area contributed by atoms with Crippen LogP contribution in [0.4, 0.5) is 17.1 Å². The van der Waals surface area contributed by atoms with Gasteiger partial charge in [0.15, 0.2) is 0 Å². The number of hydrogen-bond acceptors (Lipinski definition) is 1. The first kappa shape index (κ1) is 16.0. The third-order valence-corrected chi connectivity index (χ3v) is 6.49. The molecule has 0 atom stereocenters. The van der Waals surface area contributed by atoms with Crippen LogP contribution in [0.1, 0.15) is 0 Å². The first-order chi connectivity index (χ1) is 11.7. The summed E-state index contributed by atoms with van der Waals surface area (Å²) in [5.41, 5.74) is 3.41. The molecule has 3 aromatic carbocycles. The summed E-state index contributed by atoms with van der Waals surface area (Å²) in [7, 11) is 0. The number of anilines is 3. The van der Waals surface area contributed by atoms with Crippen LogP contribution in [-0.2, 0) is 0 Å². The fourth-order valence-electron chi connectivity index (χ4n) is 2.81. The second kappa shape index (κ2) is 6.78. The van der Waals surface area contributed by atoms with E-state index >= 15 is 0 Å². The molecule has 0 aliphatic heterocycles. The summed E-state index contributed by atoms with van der Waals surface area (Å²) in [4.78, 5) is 4.63. The monoisotopic (exact) mass is 461 g/mol. The number of hydrogen-bond donors (Lipinski definition) is 0. The van der Waals surface area contributed by atoms with Crippen molar-refractivity contribution in [2.24, 2.45) is 0 Å². The molecule has 0 aliphatic carbocycles. The zero-order valence-electron chi connectivity index (χ0n) is 12.6. The van der Waals surface area contributed by atoms with E-state index in [4.69, 9.17) is 11.6 Å². The van der Waals surface area contributed by atoms with Crippen molar-refractivity contribution in [2.75, 3.05) is 4.90 Å². The zero-order valence-corrected chi connectivity index (χ0v) is 16.7. The Morgan fingerprint density at radius 1 is 0.833 bits per heavy atom. The predicted molar refractivity (Wildman–Crippen MR) is 108 cm³/mol. The predicted octanol–water partition coefficient (Wildman–Crippen LogP) is 6.78. The minimum absolute atomic E-state index is 0.356. The van der Waals surface area contributed by atoms with Crippen molar-refractivity contribution in [3.63, 3.8) is 0 Å². The van der Waals surface area contributed by atoms with Gasteiger partial charge in [-0.05, 0) is 0 Å². The van der Waals surface area contributed by atoms with E-state index in [0.717, 1.165) is 20.9 Å². The van der Waals surface area contributed by atoms with E-state index in [9.17, 15) is 0 Å². The van der Waals surface area contributed by atoms with E-state index in [-0.39, 0.29) is 0 Å². The Balaban J connectivity index is 1.97. The molecular weight excluding hydrogens is 449 g/mol. The summed E-state index contributed by atoms with van der Waals surface area (Å²) in [6.07, 6.45) is 0. The van der Waals surface area contributed by atoms with Crippen molar-refractivity contribution in [3.05, 3.63) is 87.2 Å². The maximum absolute atomic E-state index is 6.32. The SMILES string of the molecule is Clc1cc(Br)cc(N(c2ccccc2)c2c[se]c3ccccc23)c1. The maximum atomic E-state index is 6.32. The number of benzene rings is 3. The zero-order chi connectivity index (χ0) is 16.5. The van der Waals surface area contributed by atoms with E-state index in [1.807, 2.05) is 18.2 Å². The van der Waals surface area contributed by atoms with Crippen LogP contribution in [0.15, 0.2) is 82.2 Å². The molecule has 0 unspecified atom stereocenters. The normalized spacial score (nSPS) is 10.9. The van der Waals surface area contributed by atoms with Gasteiger partial charge in [-0.3, -0.25) is 0 Å². The van der Waals surface area contributed by atoms with Crippen LogP contribution in [0.25, 0.3) is 9.65 Å². The van der Waals surface area contributed by atoms with E-state index < -0.39 is 0 Å². The Kier molecular flexibility index (Phi) is 4.51. The third-order valence-electron chi connectivity index (χ3n) is 3.82. The van der Waals surface area contributed by atoms with Crippen LogP contribution in [0.5, 0.6) is 0 Å². The summed E-state index contributed by atoms with van der Waals surface area (Å²) in [5.74, 6) is 0. The number of nitrogens with zero attached hydrogens (tertiary/aromatic N) is 1. The van der Waals surface area contributed by atoms with Crippen LogP contribution in [-0.4, -0.2) is 14.5 Å². The molecule has 24 heavy (non-hydrogen) atoms. The molecule has 0 radical (unpaired) electrons. The molecule has 0 N–H and O–H groups in total. The molecule has 0 saturated heterocycles. The molecule has 0 aliphatic rings. The Morgan fingerprint density at radius 2 is 1.58 bits per heavy atom. The van der Waals surface area contributed by atoms with E-state index in [0.29, 0.717) is 14.5 Å². The van der Waals surface area contributed by atoms with Gasteiger partial charge in [0.05, 0.1) is 0 Å². The van der Waals surface area contributed by atoms with Gasteiger partial charge in [-0.2, -0.15) is 0 Å². The molecule has 0 amide bonds. The average molecular weight is 462 g/mol. The summed E-state index contributed by atoms with van der Waals surface area (Å²) < 4.78 is 2.39. The molecule has 1 aromatic heterocycles. The van der Waals surface area contributed by atoms with E-state index in [1.54, 1.807) is 0 Å². The van der Waals surface area contributed by atoms with Crippen LogP contribution >= 0.6 is 27.5 Å². The molecule has 4 rings (SSSR count). The molecule has 0 spiro atoms. The molecule has 4 heteroatoms. The number of halogens is 2. The Hall–Kier alpha value is -1.51. The first-order valence-electron chi connectivity index (χ1n) is 7.50. The van der Waals surface area contributed by atoms with Gasteiger partial charge in [-0.25, -0.2) is 0 Å². The Bertz CT molecular complexity index is 977. The van der Waals surface area contributed by atoms with Crippen LogP contribution in [0.2, 0.25) is 5.02 Å². The second-order valence-corrected chi connectivity index (χ2v) is 8.68. The Morgan fingerprint density at radius 3 is 2.38 bits per heavy atom. The average Bonchev–Trinajstić information content (AvgIpc) is 2.99. The van der Waals surface area contributed by atoms with Crippen LogP contribution < -0.4 is 4.90 Å². The molecule has 4 aromatic rings. The van der Waals surface area contributed by atoms with Crippen molar-refractivity contribution >= 4 is 68.7 Å². The number of para-hydroxylation sites is 1. The molecule has 1 heterocycles. The van der Waals surface area contributed by atoms with Crippen molar-refractivity contribution < 1.29 is 0 Å². The summed E-state index contributed by atoms with van der Waals surface area (Å²) in [5, 5.41) is 2.02. The first-order valence-corrected chi connectivity index (χ1v) is 10.5. The quantitative estimate of drug-likeness (QED) is 0.304. The summed E-state index contributed by atoms with van der Waals surface area (Å²) in [6, 6.07) is 25.1. The van der Waals surface area contributed by atoms with Gasteiger partial charge in [0.1, 0.15) is 0 Å². The van der Waals surface area contributed by atoms with Gasteiger partial charge in [0, 0.05) is 0 Å². The topological polar surface area (TPSA) is 3.24 Å². The molecule has 0 saturated carbocycles. The third kappa shape index (κ3) is 3.05.